The van der Waals surface area contributed by atoms with Crippen LogP contribution in [-0.2, 0) is 0 Å². The molecule has 5 nitrogen and oxygen atoms in total. The largest absolute Gasteiger partial charge is 0.508 e. The van der Waals surface area contributed by atoms with E-state index in [1.807, 2.05) is 48.5 Å². The normalized spacial score (nSPS) is 11.1. The van der Waals surface area contributed by atoms with Gasteiger partial charge in [-0.15, -0.1) is 0 Å². The molecule has 5 heteroatoms. The second kappa shape index (κ2) is 7.19. The van der Waals surface area contributed by atoms with Gasteiger partial charge in [-0.25, -0.2) is 5.43 Å². The van der Waals surface area contributed by atoms with E-state index < -0.39 is 0 Å². The summed E-state index contributed by atoms with van der Waals surface area (Å²) in [7, 11) is 0. The lowest BCUT2D eigenvalue weighted by atomic mass is 10.1. The third kappa shape index (κ3) is 3.64. The molecule has 1 heterocycles. The maximum Gasteiger partial charge on any atom is 0.271 e. The molecule has 2 N–H and O–H groups in total. The number of rotatable bonds is 4. The van der Waals surface area contributed by atoms with Crippen molar-refractivity contribution in [2.45, 2.75) is 0 Å². The first kappa shape index (κ1) is 15.4. The fraction of sp³-hybridized carbons (Fsp3) is 0. The molecular weight excluding hydrogens is 302 g/mol. The average Bonchev–Trinajstić information content (AvgIpc) is 2.64. The summed E-state index contributed by atoms with van der Waals surface area (Å²) in [6.07, 6.45) is 1.68. The van der Waals surface area contributed by atoms with Gasteiger partial charge in [-0.1, -0.05) is 36.4 Å². The Bertz CT molecular complexity index is 803. The van der Waals surface area contributed by atoms with Crippen LogP contribution < -0.4 is 5.43 Å². The number of hydrogen-bond donors (Lipinski definition) is 2. The lowest BCUT2D eigenvalue weighted by molar-refractivity contribution is 0.0955. The van der Waals surface area contributed by atoms with Crippen molar-refractivity contribution in [2.75, 3.05) is 0 Å². The Kier molecular flexibility index (Phi) is 4.62. The van der Waals surface area contributed by atoms with Crippen LogP contribution in [0.4, 0.5) is 0 Å². The van der Waals surface area contributed by atoms with Gasteiger partial charge in [0, 0.05) is 17.3 Å². The maximum atomic E-state index is 12.2. The number of pyridine rings is 1. The van der Waals surface area contributed by atoms with Crippen LogP contribution in [0.3, 0.4) is 0 Å². The van der Waals surface area contributed by atoms with Gasteiger partial charge in [0.2, 0.25) is 0 Å². The lowest BCUT2D eigenvalue weighted by Gasteiger charge is -2.07. The van der Waals surface area contributed by atoms with E-state index in [2.05, 4.69) is 15.5 Å². The molecule has 2 aromatic carbocycles. The number of phenols is 1. The van der Waals surface area contributed by atoms with Crippen LogP contribution in [0.25, 0.3) is 0 Å². The van der Waals surface area contributed by atoms with Crippen LogP contribution in [0.2, 0.25) is 0 Å². The Labute approximate surface area is 139 Å². The fourth-order valence-corrected chi connectivity index (χ4v) is 2.15. The van der Waals surface area contributed by atoms with Crippen molar-refractivity contribution < 1.29 is 9.90 Å². The summed E-state index contributed by atoms with van der Waals surface area (Å²) in [5, 5.41) is 13.5. The summed E-state index contributed by atoms with van der Waals surface area (Å²) in [6, 6.07) is 21.0. The first-order valence-electron chi connectivity index (χ1n) is 7.38. The van der Waals surface area contributed by atoms with Crippen molar-refractivity contribution in [2.24, 2.45) is 5.10 Å². The zero-order chi connectivity index (χ0) is 16.8. The van der Waals surface area contributed by atoms with E-state index in [1.54, 1.807) is 6.20 Å². The monoisotopic (exact) mass is 317 g/mol. The van der Waals surface area contributed by atoms with Gasteiger partial charge in [0.15, 0.2) is 0 Å². The predicted molar refractivity (Wildman–Crippen MR) is 91.9 cm³/mol. The summed E-state index contributed by atoms with van der Waals surface area (Å²) in [4.78, 5) is 16.5. The molecule has 3 aromatic rings. The molecule has 1 aromatic heterocycles. The molecule has 0 aliphatic heterocycles. The quantitative estimate of drug-likeness (QED) is 0.574. The van der Waals surface area contributed by atoms with E-state index in [4.69, 9.17) is 0 Å². The zero-order valence-corrected chi connectivity index (χ0v) is 12.8. The number of hydrogen-bond acceptors (Lipinski definition) is 4. The number of aromatic nitrogens is 1. The SMILES string of the molecule is O=C(N/N=C(/c1ccccc1)c1ccccn1)c1ccc(O)cc1. The fourth-order valence-electron chi connectivity index (χ4n) is 2.15. The number of nitrogens with one attached hydrogen (secondary N) is 1. The highest BCUT2D eigenvalue weighted by molar-refractivity contribution is 6.12. The van der Waals surface area contributed by atoms with E-state index >= 15 is 0 Å². The lowest BCUT2D eigenvalue weighted by Crippen LogP contribution is -2.21. The molecule has 0 bridgehead atoms. The van der Waals surface area contributed by atoms with Crippen molar-refractivity contribution in [1.82, 2.24) is 10.4 Å². The van der Waals surface area contributed by atoms with Crippen LogP contribution in [0, 0.1) is 0 Å². The van der Waals surface area contributed by atoms with E-state index in [0.717, 1.165) is 5.56 Å². The van der Waals surface area contributed by atoms with Crippen LogP contribution in [0.1, 0.15) is 21.6 Å². The molecule has 0 radical (unpaired) electrons. The van der Waals surface area contributed by atoms with Gasteiger partial charge in [0.05, 0.1) is 5.69 Å². The Morgan fingerprint density at radius 2 is 1.58 bits per heavy atom. The standard InChI is InChI=1S/C19H15N3O2/c23-16-11-9-15(10-12-16)19(24)22-21-18(14-6-2-1-3-7-14)17-8-4-5-13-20-17/h1-13,23H,(H,22,24)/b21-18-. The number of amides is 1. The van der Waals surface area contributed by atoms with Gasteiger partial charge in [-0.2, -0.15) is 5.10 Å². The van der Waals surface area contributed by atoms with Crippen molar-refractivity contribution in [3.8, 4) is 5.75 Å². The summed E-state index contributed by atoms with van der Waals surface area (Å²) in [5.41, 5.74) is 5.03. The first-order valence-corrected chi connectivity index (χ1v) is 7.38. The second-order valence-corrected chi connectivity index (χ2v) is 5.03. The first-order chi connectivity index (χ1) is 11.7. The molecule has 0 aliphatic rings. The van der Waals surface area contributed by atoms with Gasteiger partial charge >= 0.3 is 0 Å². The zero-order valence-electron chi connectivity index (χ0n) is 12.8. The minimum absolute atomic E-state index is 0.105. The van der Waals surface area contributed by atoms with Crippen molar-refractivity contribution in [3.05, 3.63) is 95.8 Å². The highest BCUT2D eigenvalue weighted by Gasteiger charge is 2.10. The minimum atomic E-state index is -0.362. The Balaban J connectivity index is 1.90. The highest BCUT2D eigenvalue weighted by atomic mass is 16.3. The number of phenolic OH excluding ortho intramolecular Hbond substituents is 1. The van der Waals surface area contributed by atoms with Crippen LogP contribution in [0.15, 0.2) is 84.1 Å². The average molecular weight is 317 g/mol. The van der Waals surface area contributed by atoms with Gasteiger partial charge in [-0.3, -0.25) is 9.78 Å². The highest BCUT2D eigenvalue weighted by Crippen LogP contribution is 2.11. The summed E-state index contributed by atoms with van der Waals surface area (Å²) < 4.78 is 0. The van der Waals surface area contributed by atoms with Crippen molar-refractivity contribution >= 4 is 11.6 Å². The van der Waals surface area contributed by atoms with Gasteiger partial charge in [0.25, 0.3) is 5.91 Å². The van der Waals surface area contributed by atoms with Gasteiger partial charge < -0.3 is 5.11 Å². The predicted octanol–water partition coefficient (Wildman–Crippen LogP) is 2.97. The molecule has 0 atom stereocenters. The van der Waals surface area contributed by atoms with Crippen molar-refractivity contribution in [3.63, 3.8) is 0 Å². The molecule has 0 fully saturated rings. The molecule has 0 unspecified atom stereocenters. The third-order valence-corrected chi connectivity index (χ3v) is 3.35. The summed E-state index contributed by atoms with van der Waals surface area (Å²) in [6.45, 7) is 0. The second-order valence-electron chi connectivity index (χ2n) is 5.03. The van der Waals surface area contributed by atoms with Gasteiger partial charge in [0.1, 0.15) is 11.5 Å². The van der Waals surface area contributed by atoms with Crippen molar-refractivity contribution in [1.29, 1.82) is 0 Å². The van der Waals surface area contributed by atoms with E-state index in [9.17, 15) is 9.90 Å². The number of carbonyl (C=O) groups is 1. The number of nitrogens with zero attached hydrogens (tertiary/aromatic N) is 2. The number of carbonyl (C=O) groups excluding carboxylic acids is 1. The minimum Gasteiger partial charge on any atom is -0.508 e. The smallest absolute Gasteiger partial charge is 0.271 e. The molecule has 118 valence electrons. The molecule has 1 amide bonds. The number of hydrazone groups is 1. The third-order valence-electron chi connectivity index (χ3n) is 3.35. The molecule has 24 heavy (non-hydrogen) atoms. The summed E-state index contributed by atoms with van der Waals surface area (Å²) >= 11 is 0. The number of aromatic hydroxyl groups is 1. The Morgan fingerprint density at radius 3 is 2.25 bits per heavy atom. The van der Waals surface area contributed by atoms with Crippen LogP contribution in [-0.4, -0.2) is 21.7 Å². The number of benzene rings is 2. The molecule has 3 rings (SSSR count). The van der Waals surface area contributed by atoms with E-state index in [1.165, 1.54) is 24.3 Å². The van der Waals surface area contributed by atoms with Crippen LogP contribution >= 0.6 is 0 Å². The Hall–Kier alpha value is -3.47. The Morgan fingerprint density at radius 1 is 0.875 bits per heavy atom. The van der Waals surface area contributed by atoms with E-state index in [0.29, 0.717) is 17.0 Å². The topological polar surface area (TPSA) is 74.6 Å². The van der Waals surface area contributed by atoms with Crippen LogP contribution in [0.5, 0.6) is 5.75 Å². The molecule has 0 saturated carbocycles. The van der Waals surface area contributed by atoms with E-state index in [-0.39, 0.29) is 11.7 Å². The molecule has 0 saturated heterocycles. The van der Waals surface area contributed by atoms with Gasteiger partial charge in [-0.05, 0) is 36.4 Å². The summed E-state index contributed by atoms with van der Waals surface area (Å²) in [5.74, 6) is -0.257. The maximum absolute atomic E-state index is 12.2. The molecular formula is C19H15N3O2. The molecule has 0 spiro atoms. The molecule has 0 aliphatic carbocycles.